The molecule has 8 nitrogen and oxygen atoms in total. The van der Waals surface area contributed by atoms with Crippen LogP contribution in [0.1, 0.15) is 33.7 Å². The molecule has 3 heterocycles. The number of hydrogen-bond acceptors (Lipinski definition) is 9. The Hall–Kier alpha value is -2.81. The summed E-state index contributed by atoms with van der Waals surface area (Å²) in [6.45, 7) is 2.50. The van der Waals surface area contributed by atoms with Crippen LogP contribution >= 0.6 is 11.3 Å². The topological polar surface area (TPSA) is 109 Å². The van der Waals surface area contributed by atoms with Crippen LogP contribution in [0.2, 0.25) is 0 Å². The summed E-state index contributed by atoms with van der Waals surface area (Å²) in [5.41, 5.74) is 7.67. The van der Waals surface area contributed by atoms with E-state index in [1.165, 1.54) is 0 Å². The Morgan fingerprint density at radius 2 is 2.15 bits per heavy atom. The number of aromatic nitrogens is 5. The molecule has 4 rings (SSSR count). The molecule has 0 radical (unpaired) electrons. The van der Waals surface area contributed by atoms with Gasteiger partial charge in [0.05, 0.1) is 25.6 Å². The number of hydrogen-bond donors (Lipinski definition) is 1. The Morgan fingerprint density at radius 3 is 2.85 bits per heavy atom. The molecule has 0 bridgehead atoms. The largest absolute Gasteiger partial charge is 0.495 e. The minimum Gasteiger partial charge on any atom is -0.495 e. The first-order valence-corrected chi connectivity index (χ1v) is 9.47. The van der Waals surface area contributed by atoms with Gasteiger partial charge in [-0.15, -0.1) is 21.5 Å². The normalized spacial score (nSPS) is 18.3. The maximum Gasteiger partial charge on any atom is 0.223 e. The molecule has 3 aromatic heterocycles. The summed E-state index contributed by atoms with van der Waals surface area (Å²) < 4.78 is 11.0. The molecule has 3 aromatic rings. The molecule has 2 unspecified atom stereocenters. The molecule has 2 atom stereocenters. The van der Waals surface area contributed by atoms with Crippen molar-refractivity contribution >= 4 is 17.3 Å². The van der Waals surface area contributed by atoms with Crippen molar-refractivity contribution in [3.63, 3.8) is 0 Å². The van der Waals surface area contributed by atoms with Gasteiger partial charge in [-0.05, 0) is 25.5 Å². The number of rotatable bonds is 7. The molecular formula is C18H20N6O2S. The summed E-state index contributed by atoms with van der Waals surface area (Å²) in [4.78, 5) is 12.9. The Balaban J connectivity index is 1.35. The van der Waals surface area contributed by atoms with Gasteiger partial charge in [0.2, 0.25) is 11.8 Å². The molecule has 0 amide bonds. The Labute approximate surface area is 160 Å². The zero-order chi connectivity index (χ0) is 18.8. The van der Waals surface area contributed by atoms with E-state index < -0.39 is 0 Å². The number of aryl methyl sites for hydroxylation is 1. The molecule has 0 spiro atoms. The summed E-state index contributed by atoms with van der Waals surface area (Å²) >= 11 is 1.54. The van der Waals surface area contributed by atoms with Gasteiger partial charge >= 0.3 is 0 Å². The average Bonchev–Trinajstić information content (AvgIpc) is 3.33. The lowest BCUT2D eigenvalue weighted by atomic mass is 10.2. The van der Waals surface area contributed by atoms with Crippen LogP contribution in [0.15, 0.2) is 24.4 Å². The van der Waals surface area contributed by atoms with Gasteiger partial charge in [0, 0.05) is 30.0 Å². The van der Waals surface area contributed by atoms with Gasteiger partial charge in [-0.2, -0.15) is 4.98 Å². The van der Waals surface area contributed by atoms with Crippen LogP contribution in [0.4, 0.5) is 5.95 Å². The number of pyridine rings is 1. The molecule has 27 heavy (non-hydrogen) atoms. The highest BCUT2D eigenvalue weighted by Gasteiger charge is 2.40. The minimum absolute atomic E-state index is 0.202. The van der Waals surface area contributed by atoms with Crippen molar-refractivity contribution in [1.29, 1.82) is 0 Å². The van der Waals surface area contributed by atoms with E-state index in [2.05, 4.69) is 25.1 Å². The van der Waals surface area contributed by atoms with E-state index in [1.54, 1.807) is 24.6 Å². The van der Waals surface area contributed by atoms with Gasteiger partial charge in [-0.25, -0.2) is 4.98 Å². The molecule has 9 heteroatoms. The second-order valence-corrected chi connectivity index (χ2v) is 7.75. The minimum atomic E-state index is 0.202. The summed E-state index contributed by atoms with van der Waals surface area (Å²) in [6.07, 6.45) is 3.37. The highest BCUT2D eigenvalue weighted by atomic mass is 32.1. The van der Waals surface area contributed by atoms with Crippen LogP contribution in [-0.2, 0) is 6.42 Å². The average molecular weight is 384 g/mol. The fourth-order valence-corrected chi connectivity index (χ4v) is 3.66. The lowest BCUT2D eigenvalue weighted by molar-refractivity contribution is 0.285. The van der Waals surface area contributed by atoms with E-state index in [0.29, 0.717) is 30.7 Å². The van der Waals surface area contributed by atoms with Gasteiger partial charge in [0.15, 0.2) is 0 Å². The lowest BCUT2D eigenvalue weighted by Gasteiger charge is -2.07. The van der Waals surface area contributed by atoms with Gasteiger partial charge in [0.25, 0.3) is 0 Å². The van der Waals surface area contributed by atoms with Crippen LogP contribution in [0, 0.1) is 12.8 Å². The third-order valence-electron chi connectivity index (χ3n) is 4.42. The molecule has 140 valence electrons. The van der Waals surface area contributed by atoms with Gasteiger partial charge < -0.3 is 15.2 Å². The molecular weight excluding hydrogens is 364 g/mol. The van der Waals surface area contributed by atoms with Gasteiger partial charge in [0.1, 0.15) is 15.8 Å². The monoisotopic (exact) mass is 384 g/mol. The first-order chi connectivity index (χ1) is 13.1. The lowest BCUT2D eigenvalue weighted by Crippen LogP contribution is -2.07. The summed E-state index contributed by atoms with van der Waals surface area (Å²) in [5.74, 6) is 2.30. The summed E-state index contributed by atoms with van der Waals surface area (Å²) in [6, 6.07) is 5.76. The van der Waals surface area contributed by atoms with E-state index in [9.17, 15) is 0 Å². The highest BCUT2D eigenvalue weighted by molar-refractivity contribution is 7.11. The van der Waals surface area contributed by atoms with Gasteiger partial charge in [-0.1, -0.05) is 0 Å². The number of ether oxygens (including phenoxy) is 2. The third kappa shape index (κ3) is 4.30. The molecule has 1 aliphatic carbocycles. The molecule has 1 saturated carbocycles. The number of nitrogens with two attached hydrogens (primary N) is 1. The standard InChI is InChI=1S/C18H20N6O2S/c1-10-23-24-17(27-10)7-12-6-16(22-18(19)21-12)26-9-11-5-14(11)15-4-3-13(25-2)8-20-15/h3-4,6,8,11,14H,5,7,9H2,1-2H3,(H2,19,21,22). The zero-order valence-corrected chi connectivity index (χ0v) is 15.9. The Morgan fingerprint density at radius 1 is 1.26 bits per heavy atom. The van der Waals surface area contributed by atoms with E-state index in [0.717, 1.165) is 33.6 Å². The van der Waals surface area contributed by atoms with Crippen LogP contribution < -0.4 is 15.2 Å². The fraction of sp³-hybridized carbons (Fsp3) is 0.389. The van der Waals surface area contributed by atoms with Crippen molar-refractivity contribution in [3.05, 3.63) is 45.8 Å². The maximum atomic E-state index is 5.87. The first kappa shape index (κ1) is 17.6. The number of nitrogen functional groups attached to an aromatic ring is 1. The first-order valence-electron chi connectivity index (χ1n) is 8.66. The van der Waals surface area contributed by atoms with Crippen molar-refractivity contribution in [3.8, 4) is 11.6 Å². The Kier molecular flexibility index (Phi) is 4.85. The SMILES string of the molecule is COc1ccc(C2CC2COc2cc(Cc3nnc(C)s3)nc(N)n2)nc1. The number of methoxy groups -OCH3 is 1. The Bertz CT molecular complexity index is 930. The molecule has 2 N–H and O–H groups in total. The fourth-order valence-electron chi connectivity index (χ4n) is 2.94. The smallest absolute Gasteiger partial charge is 0.223 e. The van der Waals surface area contributed by atoms with Crippen LogP contribution in [0.5, 0.6) is 11.6 Å². The molecule has 0 saturated heterocycles. The van der Waals surface area contributed by atoms with Crippen molar-refractivity contribution in [2.75, 3.05) is 19.5 Å². The second-order valence-electron chi connectivity index (χ2n) is 6.48. The van der Waals surface area contributed by atoms with Crippen LogP contribution in [0.3, 0.4) is 0 Å². The predicted octanol–water partition coefficient (Wildman–Crippen LogP) is 2.40. The number of anilines is 1. The summed E-state index contributed by atoms with van der Waals surface area (Å²) in [7, 11) is 1.64. The van der Waals surface area contributed by atoms with Crippen molar-refractivity contribution in [1.82, 2.24) is 25.1 Å². The van der Waals surface area contributed by atoms with Crippen molar-refractivity contribution in [2.45, 2.75) is 25.7 Å². The van der Waals surface area contributed by atoms with Crippen molar-refractivity contribution in [2.24, 2.45) is 5.92 Å². The third-order valence-corrected chi connectivity index (χ3v) is 5.25. The van der Waals surface area contributed by atoms with Crippen molar-refractivity contribution < 1.29 is 9.47 Å². The molecule has 1 fully saturated rings. The zero-order valence-electron chi connectivity index (χ0n) is 15.1. The number of nitrogens with zero attached hydrogens (tertiary/aromatic N) is 5. The molecule has 0 aliphatic heterocycles. The van der Waals surface area contributed by atoms with E-state index in [-0.39, 0.29) is 5.95 Å². The quantitative estimate of drug-likeness (QED) is 0.661. The molecule has 0 aromatic carbocycles. The van der Waals surface area contributed by atoms with E-state index in [4.69, 9.17) is 15.2 Å². The highest BCUT2D eigenvalue weighted by Crippen LogP contribution is 2.46. The van der Waals surface area contributed by atoms with E-state index in [1.807, 2.05) is 25.1 Å². The van der Waals surface area contributed by atoms with Crippen LogP contribution in [-0.4, -0.2) is 38.9 Å². The maximum absolute atomic E-state index is 5.87. The second kappa shape index (κ2) is 7.43. The van der Waals surface area contributed by atoms with E-state index >= 15 is 0 Å². The van der Waals surface area contributed by atoms with Crippen LogP contribution in [0.25, 0.3) is 0 Å². The van der Waals surface area contributed by atoms with Gasteiger partial charge in [-0.3, -0.25) is 4.98 Å². The summed E-state index contributed by atoms with van der Waals surface area (Å²) in [5, 5.41) is 9.96. The molecule has 1 aliphatic rings. The predicted molar refractivity (Wildman–Crippen MR) is 101 cm³/mol.